The van der Waals surface area contributed by atoms with Crippen molar-refractivity contribution in [1.82, 2.24) is 9.78 Å². The quantitative estimate of drug-likeness (QED) is 0.884. The Bertz CT molecular complexity index is 693. The first-order valence-corrected chi connectivity index (χ1v) is 8.76. The third-order valence-corrected chi connectivity index (χ3v) is 4.84. The predicted octanol–water partition coefficient (Wildman–Crippen LogP) is 3.44. The largest absolute Gasteiger partial charge is 0.330 e. The summed E-state index contributed by atoms with van der Waals surface area (Å²) in [6.45, 7) is 4.71. The van der Waals surface area contributed by atoms with Crippen LogP contribution in [0.5, 0.6) is 0 Å². The number of hydrogen-bond donors (Lipinski definition) is 2. The van der Waals surface area contributed by atoms with Gasteiger partial charge in [0.2, 0.25) is 5.91 Å². The Labute approximate surface area is 143 Å². The number of nitrogens with zero attached hydrogens (tertiary/aromatic N) is 2. The molecule has 5 nitrogen and oxygen atoms in total. The minimum absolute atomic E-state index is 0.0192. The van der Waals surface area contributed by atoms with Crippen molar-refractivity contribution in [2.75, 3.05) is 11.9 Å². The van der Waals surface area contributed by atoms with Crippen molar-refractivity contribution in [3.8, 4) is 11.3 Å². The van der Waals surface area contributed by atoms with E-state index in [0.29, 0.717) is 12.5 Å². The Kier molecular flexibility index (Phi) is 5.00. The average molecular weight is 326 g/mol. The number of benzene rings is 1. The molecule has 3 rings (SSSR count). The number of carbonyl (C=O) groups excluding carboxylic acids is 1. The van der Waals surface area contributed by atoms with Crippen LogP contribution in [0.3, 0.4) is 0 Å². The number of nitrogens with two attached hydrogens (primary N) is 1. The normalized spacial score (nSPS) is 20.5. The second-order valence-corrected chi connectivity index (χ2v) is 6.84. The lowest BCUT2D eigenvalue weighted by molar-refractivity contribution is -0.120. The molecule has 1 amide bonds. The molecule has 2 aromatic rings. The molecule has 1 fully saturated rings. The minimum Gasteiger partial charge on any atom is -0.330 e. The van der Waals surface area contributed by atoms with Crippen molar-refractivity contribution in [3.05, 3.63) is 36.4 Å². The smallest absolute Gasteiger partial charge is 0.228 e. The molecule has 5 heteroatoms. The molecular formula is C19H26N4O. The molecule has 3 N–H and O–H groups in total. The van der Waals surface area contributed by atoms with Crippen molar-refractivity contribution in [1.29, 1.82) is 0 Å². The summed E-state index contributed by atoms with van der Waals surface area (Å²) in [5.41, 5.74) is 7.74. The lowest BCUT2D eigenvalue weighted by atomic mass is 9.95. The van der Waals surface area contributed by atoms with Crippen LogP contribution in [0, 0.1) is 11.8 Å². The first-order valence-electron chi connectivity index (χ1n) is 8.76. The second-order valence-electron chi connectivity index (χ2n) is 6.84. The van der Waals surface area contributed by atoms with Crippen LogP contribution in [0.25, 0.3) is 11.3 Å². The highest BCUT2D eigenvalue weighted by Gasteiger charge is 2.32. The number of aromatic nitrogens is 2. The van der Waals surface area contributed by atoms with Crippen LogP contribution >= 0.6 is 0 Å². The number of hydrogen-bond acceptors (Lipinski definition) is 3. The van der Waals surface area contributed by atoms with Gasteiger partial charge in [-0.3, -0.25) is 4.79 Å². The van der Waals surface area contributed by atoms with Crippen LogP contribution in [0.15, 0.2) is 36.4 Å². The maximum absolute atomic E-state index is 12.7. The van der Waals surface area contributed by atoms with Crippen LogP contribution in [0.2, 0.25) is 0 Å². The molecule has 0 spiro atoms. The Hall–Kier alpha value is -2.14. The first-order chi connectivity index (χ1) is 11.6. The second kappa shape index (κ2) is 7.18. The van der Waals surface area contributed by atoms with Crippen LogP contribution in [-0.4, -0.2) is 22.2 Å². The molecular weight excluding hydrogens is 300 g/mol. The molecule has 1 aliphatic carbocycles. The standard InChI is InChI=1S/C19H26N4O/c1-13(2)23-18(11-17(22-23)14-7-4-3-5-8-14)21-19(24)16-10-6-9-15(16)12-20/h3-5,7-8,11,13,15-16H,6,9-10,12,20H2,1-2H3,(H,21,24)/t15-,16-/m1/s1. The monoisotopic (exact) mass is 326 g/mol. The van der Waals surface area contributed by atoms with Gasteiger partial charge in [0.25, 0.3) is 0 Å². The molecule has 0 unspecified atom stereocenters. The number of amides is 1. The Morgan fingerprint density at radius 2 is 2.08 bits per heavy atom. The van der Waals surface area contributed by atoms with E-state index in [1.54, 1.807) is 0 Å². The van der Waals surface area contributed by atoms with Gasteiger partial charge in [-0.15, -0.1) is 0 Å². The van der Waals surface area contributed by atoms with E-state index in [4.69, 9.17) is 5.73 Å². The fourth-order valence-electron chi connectivity index (χ4n) is 3.51. The van der Waals surface area contributed by atoms with Gasteiger partial charge in [0.15, 0.2) is 0 Å². The van der Waals surface area contributed by atoms with Gasteiger partial charge in [-0.2, -0.15) is 5.10 Å². The van der Waals surface area contributed by atoms with E-state index >= 15 is 0 Å². The lowest BCUT2D eigenvalue weighted by Crippen LogP contribution is -2.30. The fraction of sp³-hybridized carbons (Fsp3) is 0.474. The molecule has 24 heavy (non-hydrogen) atoms. The van der Waals surface area contributed by atoms with Crippen LogP contribution in [-0.2, 0) is 4.79 Å². The lowest BCUT2D eigenvalue weighted by Gasteiger charge is -2.18. The van der Waals surface area contributed by atoms with Crippen LogP contribution in [0.4, 0.5) is 5.82 Å². The van der Waals surface area contributed by atoms with E-state index in [9.17, 15) is 4.79 Å². The first kappa shape index (κ1) is 16.7. The van der Waals surface area contributed by atoms with E-state index in [1.807, 2.05) is 41.1 Å². The summed E-state index contributed by atoms with van der Waals surface area (Å²) >= 11 is 0. The van der Waals surface area contributed by atoms with E-state index in [2.05, 4.69) is 24.3 Å². The van der Waals surface area contributed by atoms with Crippen molar-refractivity contribution in [3.63, 3.8) is 0 Å². The summed E-state index contributed by atoms with van der Waals surface area (Å²) in [4.78, 5) is 12.7. The van der Waals surface area contributed by atoms with Crippen molar-refractivity contribution < 1.29 is 4.79 Å². The third-order valence-electron chi connectivity index (χ3n) is 4.84. The molecule has 128 valence electrons. The maximum Gasteiger partial charge on any atom is 0.228 e. The molecule has 1 aromatic heterocycles. The van der Waals surface area contributed by atoms with Gasteiger partial charge in [0.1, 0.15) is 5.82 Å². The van der Waals surface area contributed by atoms with Crippen molar-refractivity contribution in [2.45, 2.75) is 39.2 Å². The Morgan fingerprint density at radius 1 is 1.33 bits per heavy atom. The summed E-state index contributed by atoms with van der Waals surface area (Å²) in [6, 6.07) is 12.2. The number of rotatable bonds is 5. The molecule has 2 atom stereocenters. The molecule has 0 aliphatic heterocycles. The van der Waals surface area contributed by atoms with Gasteiger partial charge in [0.05, 0.1) is 5.69 Å². The molecule has 1 aliphatic rings. The topological polar surface area (TPSA) is 72.9 Å². The SMILES string of the molecule is CC(C)n1nc(-c2ccccc2)cc1NC(=O)[C@@H]1CCC[C@@H]1CN. The Morgan fingerprint density at radius 3 is 2.75 bits per heavy atom. The summed E-state index contributed by atoms with van der Waals surface area (Å²) in [6.07, 6.45) is 3.06. The summed E-state index contributed by atoms with van der Waals surface area (Å²) in [7, 11) is 0. The van der Waals surface area contributed by atoms with E-state index in [-0.39, 0.29) is 17.9 Å². The van der Waals surface area contributed by atoms with Gasteiger partial charge < -0.3 is 11.1 Å². The van der Waals surface area contributed by atoms with Gasteiger partial charge in [-0.05, 0) is 39.2 Å². The highest BCUT2D eigenvalue weighted by molar-refractivity contribution is 5.92. The molecule has 1 heterocycles. The maximum atomic E-state index is 12.7. The molecule has 1 saturated carbocycles. The number of carbonyl (C=O) groups is 1. The molecule has 0 saturated heterocycles. The summed E-state index contributed by atoms with van der Waals surface area (Å²) in [5.74, 6) is 1.15. The highest BCUT2D eigenvalue weighted by atomic mass is 16.2. The molecule has 1 aromatic carbocycles. The average Bonchev–Trinajstić information content (AvgIpc) is 3.22. The van der Waals surface area contributed by atoms with Crippen LogP contribution < -0.4 is 11.1 Å². The number of anilines is 1. The van der Waals surface area contributed by atoms with E-state index in [1.165, 1.54) is 0 Å². The van der Waals surface area contributed by atoms with Crippen molar-refractivity contribution in [2.24, 2.45) is 17.6 Å². The fourth-order valence-corrected chi connectivity index (χ4v) is 3.51. The third kappa shape index (κ3) is 3.36. The zero-order valence-corrected chi connectivity index (χ0v) is 14.4. The Balaban J connectivity index is 1.84. The van der Waals surface area contributed by atoms with Crippen LogP contribution in [0.1, 0.15) is 39.2 Å². The van der Waals surface area contributed by atoms with Gasteiger partial charge in [-0.1, -0.05) is 36.8 Å². The van der Waals surface area contributed by atoms with E-state index in [0.717, 1.165) is 36.3 Å². The summed E-state index contributed by atoms with van der Waals surface area (Å²) < 4.78 is 1.88. The van der Waals surface area contributed by atoms with Crippen molar-refractivity contribution >= 4 is 11.7 Å². The van der Waals surface area contributed by atoms with E-state index < -0.39 is 0 Å². The van der Waals surface area contributed by atoms with Gasteiger partial charge in [-0.25, -0.2) is 4.68 Å². The number of nitrogens with one attached hydrogen (secondary N) is 1. The van der Waals surface area contributed by atoms with Gasteiger partial charge in [0, 0.05) is 23.6 Å². The summed E-state index contributed by atoms with van der Waals surface area (Å²) in [5, 5.41) is 7.77. The molecule has 0 bridgehead atoms. The van der Waals surface area contributed by atoms with Gasteiger partial charge >= 0.3 is 0 Å². The zero-order chi connectivity index (χ0) is 17.1. The molecule has 0 radical (unpaired) electrons. The predicted molar refractivity (Wildman–Crippen MR) is 96.6 cm³/mol. The minimum atomic E-state index is 0.0192. The highest BCUT2D eigenvalue weighted by Crippen LogP contribution is 2.32. The zero-order valence-electron chi connectivity index (χ0n) is 14.4.